The van der Waals surface area contributed by atoms with Crippen LogP contribution in [0.15, 0.2) is 35.4 Å². The molecule has 2 amide bonds. The monoisotopic (exact) mass is 637 g/mol. The molecule has 2 atom stereocenters. The molecule has 2 saturated heterocycles. The third-order valence-electron chi connectivity index (χ3n) is 10.2. The highest BCUT2D eigenvalue weighted by Crippen LogP contribution is 2.48. The van der Waals surface area contributed by atoms with Crippen molar-refractivity contribution in [3.63, 3.8) is 0 Å². The van der Waals surface area contributed by atoms with Gasteiger partial charge in [0.1, 0.15) is 17.7 Å². The van der Waals surface area contributed by atoms with Gasteiger partial charge in [0.15, 0.2) is 5.03 Å². The lowest BCUT2D eigenvalue weighted by molar-refractivity contribution is -0.124. The average molecular weight is 638 g/mol. The van der Waals surface area contributed by atoms with E-state index in [0.29, 0.717) is 24.2 Å². The van der Waals surface area contributed by atoms with E-state index in [1.54, 1.807) is 24.3 Å². The zero-order valence-electron chi connectivity index (χ0n) is 27.1. The van der Waals surface area contributed by atoms with E-state index < -0.39 is 22.0 Å². The van der Waals surface area contributed by atoms with Gasteiger partial charge in [-0.3, -0.25) is 9.59 Å². The molecule has 4 aliphatic rings. The minimum Gasteiger partial charge on any atom is -0.358 e. The smallest absolute Gasteiger partial charge is 0.281 e. The van der Waals surface area contributed by atoms with Crippen LogP contribution in [0.4, 0.5) is 11.6 Å². The lowest BCUT2D eigenvalue weighted by atomic mass is 9.60. The van der Waals surface area contributed by atoms with Crippen molar-refractivity contribution in [2.24, 2.45) is 11.3 Å². The van der Waals surface area contributed by atoms with Crippen LogP contribution in [0.2, 0.25) is 0 Å². The Bertz CT molecular complexity index is 1570. The maximum absolute atomic E-state index is 13.8. The van der Waals surface area contributed by atoms with Crippen LogP contribution in [0.5, 0.6) is 0 Å². The van der Waals surface area contributed by atoms with Crippen LogP contribution >= 0.6 is 0 Å². The third kappa shape index (κ3) is 6.54. The molecule has 5 heterocycles. The number of nitrogens with zero attached hydrogens (tertiary/aromatic N) is 3. The summed E-state index contributed by atoms with van der Waals surface area (Å²) in [5.41, 5.74) is 0.733. The van der Waals surface area contributed by atoms with Crippen molar-refractivity contribution in [2.75, 3.05) is 29.9 Å². The van der Waals surface area contributed by atoms with Crippen LogP contribution in [0.1, 0.15) is 95.6 Å². The van der Waals surface area contributed by atoms with E-state index in [9.17, 15) is 18.0 Å². The number of fused-ring (bicyclic) bond motifs is 6. The van der Waals surface area contributed by atoms with Crippen molar-refractivity contribution in [3.8, 4) is 0 Å². The number of rotatable bonds is 2. The van der Waals surface area contributed by atoms with Gasteiger partial charge in [-0.05, 0) is 107 Å². The van der Waals surface area contributed by atoms with E-state index in [0.717, 1.165) is 57.3 Å². The van der Waals surface area contributed by atoms with Crippen molar-refractivity contribution in [1.82, 2.24) is 25.3 Å². The molecule has 4 bridgehead atoms. The Morgan fingerprint density at radius 1 is 1.02 bits per heavy atom. The second-order valence-corrected chi connectivity index (χ2v) is 16.9. The lowest BCUT2D eigenvalue weighted by Crippen LogP contribution is -2.56. The van der Waals surface area contributed by atoms with Gasteiger partial charge in [-0.15, -0.1) is 0 Å². The summed E-state index contributed by atoms with van der Waals surface area (Å²) in [6.07, 6.45) is 6.44. The number of sulfonamides is 1. The quantitative estimate of drug-likeness (QED) is 0.387. The first-order chi connectivity index (χ1) is 21.1. The van der Waals surface area contributed by atoms with Gasteiger partial charge in [0.25, 0.3) is 15.9 Å². The standard InChI is InChI=1S/C33H47N7O4S/c1-31(2,3)25-12-10-23-28(37-25)40-20-21(17-32(40,4)5)9-11-24(30(42)35-22-18-33(19-22)13-15-34-16-14-33)36-26-7-6-8-27(38-26)45(43,44)39-29(23)41/h6-8,10,12,21-22,24,34H,9,11,13-20H2,1-5H3,(H,35,42)(H,36,38)(H,39,41). The second kappa shape index (κ2) is 11.5. The van der Waals surface area contributed by atoms with Crippen LogP contribution in [0.3, 0.4) is 0 Å². The molecule has 2 aromatic rings. The molecular formula is C33H47N7O4S. The summed E-state index contributed by atoms with van der Waals surface area (Å²) in [4.78, 5) is 38.8. The van der Waals surface area contributed by atoms with Gasteiger partial charge < -0.3 is 20.9 Å². The zero-order valence-corrected chi connectivity index (χ0v) is 27.9. The van der Waals surface area contributed by atoms with Crippen molar-refractivity contribution < 1.29 is 18.0 Å². The summed E-state index contributed by atoms with van der Waals surface area (Å²) in [5.74, 6) is 0.143. The van der Waals surface area contributed by atoms with Gasteiger partial charge in [0, 0.05) is 29.2 Å². The molecule has 1 spiro atoms. The molecule has 0 radical (unpaired) electrons. The highest BCUT2D eigenvalue weighted by molar-refractivity contribution is 7.90. The zero-order chi connectivity index (χ0) is 32.2. The van der Waals surface area contributed by atoms with Gasteiger partial charge >= 0.3 is 0 Å². The SMILES string of the molecule is CC(C)(C)c1ccc2c(n1)N1CC(CCC(C(=O)NC3CC4(CCNCC4)C3)Nc3cccc(n3)S(=O)(=O)NC2=O)CC1(C)C. The molecule has 244 valence electrons. The Kier molecular flexibility index (Phi) is 8.12. The van der Waals surface area contributed by atoms with Crippen molar-refractivity contribution in [1.29, 1.82) is 0 Å². The Balaban J connectivity index is 1.32. The molecule has 2 unspecified atom stereocenters. The molecule has 4 N–H and O–H groups in total. The topological polar surface area (TPSA) is 145 Å². The van der Waals surface area contributed by atoms with Crippen LogP contribution in [-0.2, 0) is 20.2 Å². The fourth-order valence-electron chi connectivity index (χ4n) is 7.68. The second-order valence-electron chi connectivity index (χ2n) is 15.2. The molecule has 2 aromatic heterocycles. The number of nitrogens with one attached hydrogen (secondary N) is 4. The first-order valence-electron chi connectivity index (χ1n) is 16.3. The number of hydrogen-bond donors (Lipinski definition) is 4. The predicted molar refractivity (Wildman–Crippen MR) is 174 cm³/mol. The summed E-state index contributed by atoms with van der Waals surface area (Å²) >= 11 is 0. The first kappa shape index (κ1) is 31.7. The van der Waals surface area contributed by atoms with Crippen LogP contribution < -0.4 is 25.6 Å². The summed E-state index contributed by atoms with van der Waals surface area (Å²) < 4.78 is 29.1. The van der Waals surface area contributed by atoms with Crippen LogP contribution in [0, 0.1) is 11.3 Å². The van der Waals surface area contributed by atoms with E-state index in [1.807, 2.05) is 0 Å². The molecule has 11 nitrogen and oxygen atoms in total. The number of hydrogen-bond acceptors (Lipinski definition) is 9. The number of amides is 2. The first-order valence-corrected chi connectivity index (χ1v) is 17.7. The van der Waals surface area contributed by atoms with Crippen molar-refractivity contribution in [3.05, 3.63) is 41.6 Å². The molecule has 1 aliphatic carbocycles. The molecule has 1 saturated carbocycles. The van der Waals surface area contributed by atoms with Crippen molar-refractivity contribution >= 4 is 33.5 Å². The summed E-state index contributed by atoms with van der Waals surface area (Å²) in [5, 5.41) is 9.65. The highest BCUT2D eigenvalue weighted by Gasteiger charge is 2.46. The number of pyridine rings is 2. The number of piperidine rings is 1. The number of anilines is 2. The molecule has 3 aliphatic heterocycles. The average Bonchev–Trinajstić information content (AvgIpc) is 3.27. The van der Waals surface area contributed by atoms with E-state index in [4.69, 9.17) is 4.98 Å². The van der Waals surface area contributed by atoms with Gasteiger partial charge in [-0.1, -0.05) is 26.8 Å². The maximum Gasteiger partial charge on any atom is 0.281 e. The number of carbonyl (C=O) groups is 2. The van der Waals surface area contributed by atoms with E-state index in [2.05, 4.69) is 65.2 Å². The lowest BCUT2D eigenvalue weighted by Gasteiger charge is -2.50. The largest absolute Gasteiger partial charge is 0.358 e. The molecular weight excluding hydrogens is 590 g/mol. The van der Waals surface area contributed by atoms with Gasteiger partial charge in [0.2, 0.25) is 5.91 Å². The van der Waals surface area contributed by atoms with E-state index in [-0.39, 0.29) is 45.2 Å². The summed E-state index contributed by atoms with van der Waals surface area (Å²) in [6, 6.07) is 7.59. The highest BCUT2D eigenvalue weighted by atomic mass is 32.2. The molecule has 6 rings (SSSR count). The normalized spacial score (nSPS) is 26.0. The fourth-order valence-corrected chi connectivity index (χ4v) is 8.62. The van der Waals surface area contributed by atoms with Crippen LogP contribution in [0.25, 0.3) is 0 Å². The third-order valence-corrected chi connectivity index (χ3v) is 11.4. The maximum atomic E-state index is 13.8. The Labute approximate surface area is 266 Å². The Hall–Kier alpha value is -3.25. The number of carbonyl (C=O) groups excluding carboxylic acids is 2. The Morgan fingerprint density at radius 3 is 2.47 bits per heavy atom. The Morgan fingerprint density at radius 2 is 1.76 bits per heavy atom. The molecule has 3 fully saturated rings. The van der Waals surface area contributed by atoms with Crippen LogP contribution in [-0.4, -0.2) is 67.5 Å². The van der Waals surface area contributed by atoms with E-state index in [1.165, 1.54) is 6.07 Å². The predicted octanol–water partition coefficient (Wildman–Crippen LogP) is 3.72. The fraction of sp³-hybridized carbons (Fsp3) is 0.636. The van der Waals surface area contributed by atoms with Crippen molar-refractivity contribution in [2.45, 2.75) is 108 Å². The summed E-state index contributed by atoms with van der Waals surface area (Å²) in [6.45, 7) is 13.1. The van der Waals surface area contributed by atoms with Gasteiger partial charge in [-0.25, -0.2) is 14.7 Å². The van der Waals surface area contributed by atoms with Gasteiger partial charge in [-0.2, -0.15) is 8.42 Å². The van der Waals surface area contributed by atoms with Gasteiger partial charge in [0.05, 0.1) is 5.56 Å². The minimum atomic E-state index is -4.32. The minimum absolute atomic E-state index is 0.0904. The molecule has 0 aromatic carbocycles. The summed E-state index contributed by atoms with van der Waals surface area (Å²) in [7, 11) is -4.32. The number of aromatic nitrogens is 2. The van der Waals surface area contributed by atoms with E-state index >= 15 is 0 Å². The molecule has 12 heteroatoms. The molecule has 45 heavy (non-hydrogen) atoms.